The number of nitrogens with zero attached hydrogens (tertiary/aromatic N) is 5. The van der Waals surface area contributed by atoms with E-state index >= 15 is 0 Å². The second-order valence-corrected chi connectivity index (χ2v) is 8.20. The van der Waals surface area contributed by atoms with Gasteiger partial charge in [0, 0.05) is 45.3 Å². The van der Waals surface area contributed by atoms with Gasteiger partial charge in [-0.3, -0.25) is 9.39 Å². The maximum Gasteiger partial charge on any atom is 0.410 e. The summed E-state index contributed by atoms with van der Waals surface area (Å²) in [7, 11) is 1.75. The lowest BCUT2D eigenvalue weighted by Crippen LogP contribution is -2.53. The highest BCUT2D eigenvalue weighted by molar-refractivity contribution is 5.80. The van der Waals surface area contributed by atoms with Crippen molar-refractivity contribution >= 4 is 17.7 Å². The van der Waals surface area contributed by atoms with E-state index in [4.69, 9.17) is 4.74 Å². The minimum Gasteiger partial charge on any atom is -0.444 e. The Hall–Kier alpha value is -2.84. The summed E-state index contributed by atoms with van der Waals surface area (Å²) in [5.74, 6) is 1.62. The Morgan fingerprint density at radius 2 is 2.17 bits per heavy atom. The molecule has 3 rings (SSSR count). The highest BCUT2D eigenvalue weighted by atomic mass is 16.6. The number of pyridine rings is 1. The first-order valence-corrected chi connectivity index (χ1v) is 10.1. The van der Waals surface area contributed by atoms with Crippen LogP contribution in [0.5, 0.6) is 0 Å². The van der Waals surface area contributed by atoms with Gasteiger partial charge < -0.3 is 20.3 Å². The standard InChI is InChI=1S/C20H31N7O2/c1-20(2,3)29-19(28)26-12-7-8-15(14-26)23-18(21-4)22-11-10-17-25-24-16-9-5-6-13-27(16)17/h5-6,9,13,15H,7-8,10-12,14H2,1-4H3,(H2,21,22,23). The number of carbonyl (C=O) groups excluding carboxylic acids is 1. The average molecular weight is 402 g/mol. The third-order valence-corrected chi connectivity index (χ3v) is 4.66. The van der Waals surface area contributed by atoms with E-state index < -0.39 is 5.60 Å². The van der Waals surface area contributed by atoms with Crippen LogP contribution in [0.3, 0.4) is 0 Å². The number of nitrogens with one attached hydrogen (secondary N) is 2. The van der Waals surface area contributed by atoms with Crippen molar-refractivity contribution in [3.05, 3.63) is 30.2 Å². The van der Waals surface area contributed by atoms with Crippen molar-refractivity contribution in [2.75, 3.05) is 26.7 Å². The van der Waals surface area contributed by atoms with E-state index in [-0.39, 0.29) is 12.1 Å². The number of guanidine groups is 1. The fourth-order valence-electron chi connectivity index (χ4n) is 3.33. The van der Waals surface area contributed by atoms with Crippen molar-refractivity contribution in [1.82, 2.24) is 30.1 Å². The first-order valence-electron chi connectivity index (χ1n) is 10.1. The molecule has 1 aliphatic heterocycles. The summed E-state index contributed by atoms with van der Waals surface area (Å²) >= 11 is 0. The molecule has 2 aromatic heterocycles. The molecule has 3 heterocycles. The fraction of sp³-hybridized carbons (Fsp3) is 0.600. The summed E-state index contributed by atoms with van der Waals surface area (Å²) in [6.45, 7) is 7.65. The highest BCUT2D eigenvalue weighted by Gasteiger charge is 2.28. The van der Waals surface area contributed by atoms with Crippen molar-refractivity contribution in [3.63, 3.8) is 0 Å². The third kappa shape index (κ3) is 5.82. The zero-order chi connectivity index (χ0) is 20.9. The van der Waals surface area contributed by atoms with Gasteiger partial charge in [-0.25, -0.2) is 4.79 Å². The van der Waals surface area contributed by atoms with Crippen LogP contribution in [0.4, 0.5) is 4.79 Å². The number of piperidine rings is 1. The van der Waals surface area contributed by atoms with Crippen LogP contribution in [-0.2, 0) is 11.2 Å². The van der Waals surface area contributed by atoms with Crippen molar-refractivity contribution in [1.29, 1.82) is 0 Å². The molecule has 2 N–H and O–H groups in total. The molecule has 0 spiro atoms. The Balaban J connectivity index is 1.48. The minimum absolute atomic E-state index is 0.136. The van der Waals surface area contributed by atoms with Gasteiger partial charge in [0.05, 0.1) is 0 Å². The van der Waals surface area contributed by atoms with E-state index in [9.17, 15) is 4.79 Å². The molecule has 158 valence electrons. The van der Waals surface area contributed by atoms with Gasteiger partial charge >= 0.3 is 6.09 Å². The molecular formula is C20H31N7O2. The number of likely N-dealkylation sites (tertiary alicyclic amines) is 1. The lowest BCUT2D eigenvalue weighted by Gasteiger charge is -2.35. The number of carbonyl (C=O) groups is 1. The molecule has 1 saturated heterocycles. The summed E-state index contributed by atoms with van der Waals surface area (Å²) in [6, 6.07) is 5.98. The Kier molecular flexibility index (Phi) is 6.56. The maximum atomic E-state index is 12.3. The van der Waals surface area contributed by atoms with Crippen LogP contribution in [0.2, 0.25) is 0 Å². The van der Waals surface area contributed by atoms with Gasteiger partial charge in [0.15, 0.2) is 11.6 Å². The van der Waals surface area contributed by atoms with E-state index in [0.29, 0.717) is 13.1 Å². The monoisotopic (exact) mass is 401 g/mol. The Bertz CT molecular complexity index is 856. The molecule has 0 radical (unpaired) electrons. The predicted octanol–water partition coefficient (Wildman–Crippen LogP) is 1.84. The SMILES string of the molecule is CN=C(NCCc1nnc2ccccn12)NC1CCCN(C(=O)OC(C)(C)C)C1. The summed E-state index contributed by atoms with van der Waals surface area (Å²) in [6.07, 6.45) is 4.34. The largest absolute Gasteiger partial charge is 0.444 e. The summed E-state index contributed by atoms with van der Waals surface area (Å²) in [5, 5.41) is 15.2. The van der Waals surface area contributed by atoms with Crippen LogP contribution in [0.15, 0.2) is 29.4 Å². The number of hydrogen-bond acceptors (Lipinski definition) is 5. The van der Waals surface area contributed by atoms with Crippen LogP contribution in [-0.4, -0.2) is 69.9 Å². The Morgan fingerprint density at radius 1 is 1.34 bits per heavy atom. The molecule has 29 heavy (non-hydrogen) atoms. The molecule has 9 heteroatoms. The molecule has 1 aliphatic rings. The first-order chi connectivity index (χ1) is 13.9. The summed E-state index contributed by atoms with van der Waals surface area (Å²) in [5.41, 5.74) is 0.357. The van der Waals surface area contributed by atoms with Gasteiger partial charge in [-0.2, -0.15) is 0 Å². The second-order valence-electron chi connectivity index (χ2n) is 8.20. The molecule has 1 unspecified atom stereocenters. The van der Waals surface area contributed by atoms with Crippen molar-refractivity contribution in [2.24, 2.45) is 4.99 Å². The molecule has 0 bridgehead atoms. The number of aliphatic imine (C=N–C) groups is 1. The van der Waals surface area contributed by atoms with Crippen molar-refractivity contribution in [2.45, 2.75) is 51.7 Å². The first kappa shape index (κ1) is 20.9. The quantitative estimate of drug-likeness (QED) is 0.599. The van der Waals surface area contributed by atoms with Crippen molar-refractivity contribution in [3.8, 4) is 0 Å². The topological polar surface area (TPSA) is 96.1 Å². The van der Waals surface area contributed by atoms with E-state index in [2.05, 4.69) is 25.8 Å². The smallest absolute Gasteiger partial charge is 0.410 e. The summed E-state index contributed by atoms with van der Waals surface area (Å²) < 4.78 is 7.48. The number of ether oxygens (including phenoxy) is 1. The average Bonchev–Trinajstić information content (AvgIpc) is 3.09. The summed E-state index contributed by atoms with van der Waals surface area (Å²) in [4.78, 5) is 18.4. The van der Waals surface area contributed by atoms with Gasteiger partial charge in [-0.1, -0.05) is 6.07 Å². The van der Waals surface area contributed by atoms with Crippen molar-refractivity contribution < 1.29 is 9.53 Å². The fourth-order valence-corrected chi connectivity index (χ4v) is 3.33. The number of fused-ring (bicyclic) bond motifs is 1. The molecule has 2 aromatic rings. The van der Waals surface area contributed by atoms with Gasteiger partial charge in [0.1, 0.15) is 11.4 Å². The number of hydrogen-bond donors (Lipinski definition) is 2. The minimum atomic E-state index is -0.485. The molecule has 0 aromatic carbocycles. The van der Waals surface area contributed by atoms with Crippen LogP contribution >= 0.6 is 0 Å². The molecule has 0 saturated carbocycles. The molecular weight excluding hydrogens is 370 g/mol. The molecule has 1 atom stereocenters. The van der Waals surface area contributed by atoms with E-state index in [1.807, 2.05) is 49.6 Å². The van der Waals surface area contributed by atoms with Gasteiger partial charge in [-0.15, -0.1) is 10.2 Å². The van der Waals surface area contributed by atoms with Crippen LogP contribution in [0.1, 0.15) is 39.4 Å². The number of amides is 1. The van der Waals surface area contributed by atoms with E-state index in [0.717, 1.165) is 43.2 Å². The lowest BCUT2D eigenvalue weighted by atomic mass is 10.1. The third-order valence-electron chi connectivity index (χ3n) is 4.66. The second kappa shape index (κ2) is 9.11. The highest BCUT2D eigenvalue weighted by Crippen LogP contribution is 2.15. The molecule has 1 fully saturated rings. The Labute approximate surface area is 171 Å². The zero-order valence-electron chi connectivity index (χ0n) is 17.7. The lowest BCUT2D eigenvalue weighted by molar-refractivity contribution is 0.0193. The van der Waals surface area contributed by atoms with Gasteiger partial charge in [0.2, 0.25) is 0 Å². The van der Waals surface area contributed by atoms with E-state index in [1.165, 1.54) is 0 Å². The van der Waals surface area contributed by atoms with Crippen LogP contribution in [0.25, 0.3) is 5.65 Å². The van der Waals surface area contributed by atoms with Gasteiger partial charge in [-0.05, 0) is 45.7 Å². The van der Waals surface area contributed by atoms with Crippen LogP contribution < -0.4 is 10.6 Å². The molecule has 9 nitrogen and oxygen atoms in total. The number of aromatic nitrogens is 3. The molecule has 0 aliphatic carbocycles. The van der Waals surface area contributed by atoms with E-state index in [1.54, 1.807) is 11.9 Å². The zero-order valence-corrected chi connectivity index (χ0v) is 17.7. The maximum absolute atomic E-state index is 12.3. The number of rotatable bonds is 4. The van der Waals surface area contributed by atoms with Crippen LogP contribution in [0, 0.1) is 0 Å². The Morgan fingerprint density at radius 3 is 2.93 bits per heavy atom. The van der Waals surface area contributed by atoms with Gasteiger partial charge in [0.25, 0.3) is 0 Å². The predicted molar refractivity (Wildman–Crippen MR) is 112 cm³/mol. The normalized spacial score (nSPS) is 18.0. The molecule has 1 amide bonds.